The van der Waals surface area contributed by atoms with Crippen LogP contribution in [0.3, 0.4) is 0 Å². The van der Waals surface area contributed by atoms with E-state index >= 15 is 0 Å². The van der Waals surface area contributed by atoms with Crippen molar-refractivity contribution in [2.75, 3.05) is 0 Å². The van der Waals surface area contributed by atoms with Crippen LogP contribution >= 0.6 is 0 Å². The predicted octanol–water partition coefficient (Wildman–Crippen LogP) is 15.5. The Labute approximate surface area is 393 Å². The molecule has 1 aliphatic heterocycles. The number of nitrogens with zero attached hydrogens (tertiary/aromatic N) is 4. The van der Waals surface area contributed by atoms with Crippen molar-refractivity contribution in [1.82, 2.24) is 19.1 Å². The lowest BCUT2D eigenvalue weighted by Gasteiger charge is -2.39. The van der Waals surface area contributed by atoms with Crippen molar-refractivity contribution in [2.24, 2.45) is 0 Å². The second kappa shape index (κ2) is 15.0. The Hall–Kier alpha value is -9.06. The van der Waals surface area contributed by atoms with E-state index in [1.54, 1.807) is 0 Å². The van der Waals surface area contributed by atoms with Gasteiger partial charge in [-0.25, -0.2) is 9.97 Å². The Balaban J connectivity index is 0.933. The van der Waals surface area contributed by atoms with Crippen LogP contribution in [-0.2, 0) is 5.41 Å². The van der Waals surface area contributed by atoms with Gasteiger partial charge in [-0.05, 0) is 129 Å². The standard InChI is InChI=1S/C63H40N4O/c1-3-17-47(18-4-1)66-57-27-13-11-25-55(57)64-61(66)45-37-44(38-46(39-45)62-65-56-26-12-14-28-58(56)67(62)48-19-5-2-6-20-48)42-33-31-41(32-34-42)43-35-36-52-50(40-43)49-21-7-8-22-51(49)63(52)53-23-9-15-29-59(53)68-60-30-16-10-24-54(60)63/h1-40H. The summed E-state index contributed by atoms with van der Waals surface area (Å²) in [5.41, 5.74) is 19.5. The van der Waals surface area contributed by atoms with E-state index in [9.17, 15) is 0 Å². The van der Waals surface area contributed by atoms with Gasteiger partial charge in [0.1, 0.15) is 23.1 Å². The van der Waals surface area contributed by atoms with Gasteiger partial charge in [-0.3, -0.25) is 9.13 Å². The number of ether oxygens (including phenoxy) is 1. The van der Waals surface area contributed by atoms with E-state index in [2.05, 4.69) is 252 Å². The fourth-order valence-corrected chi connectivity index (χ4v) is 11.1. The van der Waals surface area contributed by atoms with Crippen LogP contribution in [0.15, 0.2) is 243 Å². The van der Waals surface area contributed by atoms with Crippen LogP contribution in [0.5, 0.6) is 11.5 Å². The number of rotatable bonds is 6. The van der Waals surface area contributed by atoms with Gasteiger partial charge in [0.15, 0.2) is 0 Å². The van der Waals surface area contributed by atoms with Crippen molar-refractivity contribution < 1.29 is 4.74 Å². The summed E-state index contributed by atoms with van der Waals surface area (Å²) >= 11 is 0. The van der Waals surface area contributed by atoms with Gasteiger partial charge in [-0.1, -0.05) is 158 Å². The first kappa shape index (κ1) is 38.2. The van der Waals surface area contributed by atoms with Gasteiger partial charge in [0, 0.05) is 33.6 Å². The van der Waals surface area contributed by atoms with Crippen LogP contribution in [0.25, 0.3) is 89.6 Å². The summed E-state index contributed by atoms with van der Waals surface area (Å²) in [6.07, 6.45) is 0. The molecule has 5 nitrogen and oxygen atoms in total. The minimum absolute atomic E-state index is 0.495. The highest BCUT2D eigenvalue weighted by molar-refractivity contribution is 5.92. The van der Waals surface area contributed by atoms with Crippen molar-refractivity contribution >= 4 is 22.1 Å². The van der Waals surface area contributed by atoms with Gasteiger partial charge in [0.25, 0.3) is 0 Å². The molecule has 0 saturated heterocycles. The molecule has 0 radical (unpaired) electrons. The minimum Gasteiger partial charge on any atom is -0.457 e. The molecule has 1 spiro atoms. The zero-order valence-electron chi connectivity index (χ0n) is 36.8. The van der Waals surface area contributed by atoms with Gasteiger partial charge in [0.2, 0.25) is 0 Å². The number of imidazole rings is 2. The summed E-state index contributed by atoms with van der Waals surface area (Å²) in [7, 11) is 0. The number of hydrogen-bond acceptors (Lipinski definition) is 3. The Bertz CT molecular complexity index is 3760. The highest BCUT2D eigenvalue weighted by Crippen LogP contribution is 2.62. The van der Waals surface area contributed by atoms with Crippen LogP contribution in [0.4, 0.5) is 0 Å². The van der Waals surface area contributed by atoms with Gasteiger partial charge in [-0.15, -0.1) is 0 Å². The number of hydrogen-bond donors (Lipinski definition) is 0. The molecule has 0 atom stereocenters. The maximum atomic E-state index is 6.57. The first-order valence-electron chi connectivity index (χ1n) is 23.1. The molecule has 14 rings (SSSR count). The molecule has 2 aliphatic rings. The van der Waals surface area contributed by atoms with Gasteiger partial charge < -0.3 is 4.74 Å². The van der Waals surface area contributed by atoms with Crippen LogP contribution < -0.4 is 4.74 Å². The van der Waals surface area contributed by atoms with Crippen molar-refractivity contribution in [3.8, 4) is 79.0 Å². The molecule has 318 valence electrons. The number of fused-ring (bicyclic) bond motifs is 11. The summed E-state index contributed by atoms with van der Waals surface area (Å²) < 4.78 is 11.1. The molecule has 3 heterocycles. The van der Waals surface area contributed by atoms with Crippen LogP contribution in [0.2, 0.25) is 0 Å². The second-order valence-corrected chi connectivity index (χ2v) is 17.7. The Morgan fingerprint density at radius 2 is 0.735 bits per heavy atom. The van der Waals surface area contributed by atoms with E-state index < -0.39 is 5.41 Å². The zero-order chi connectivity index (χ0) is 44.8. The third-order valence-electron chi connectivity index (χ3n) is 14.0. The van der Waals surface area contributed by atoms with Crippen molar-refractivity contribution in [3.05, 3.63) is 265 Å². The molecule has 0 amide bonds. The quantitative estimate of drug-likeness (QED) is 0.167. The summed E-state index contributed by atoms with van der Waals surface area (Å²) in [5, 5.41) is 0. The predicted molar refractivity (Wildman–Crippen MR) is 275 cm³/mol. The van der Waals surface area contributed by atoms with Crippen molar-refractivity contribution in [1.29, 1.82) is 0 Å². The molecule has 12 aromatic rings. The summed E-state index contributed by atoms with van der Waals surface area (Å²) in [6, 6.07) is 86.6. The van der Waals surface area contributed by atoms with E-state index in [1.807, 2.05) is 0 Å². The molecule has 5 heteroatoms. The molecule has 0 N–H and O–H groups in total. The van der Waals surface area contributed by atoms with E-state index in [1.165, 1.54) is 38.9 Å². The normalized spacial score (nSPS) is 12.9. The lowest BCUT2D eigenvalue weighted by Crippen LogP contribution is -2.32. The van der Waals surface area contributed by atoms with Crippen LogP contribution in [-0.4, -0.2) is 19.1 Å². The maximum absolute atomic E-state index is 6.57. The minimum atomic E-state index is -0.495. The summed E-state index contributed by atoms with van der Waals surface area (Å²) in [6.45, 7) is 0. The number of aromatic nitrogens is 4. The molecule has 1 aliphatic carbocycles. The molecule has 10 aromatic carbocycles. The van der Waals surface area contributed by atoms with E-state index in [4.69, 9.17) is 14.7 Å². The molecule has 0 saturated carbocycles. The van der Waals surface area contributed by atoms with E-state index in [-0.39, 0.29) is 0 Å². The van der Waals surface area contributed by atoms with Gasteiger partial charge in [-0.2, -0.15) is 0 Å². The highest BCUT2D eigenvalue weighted by Gasteiger charge is 2.51. The van der Waals surface area contributed by atoms with Gasteiger partial charge >= 0.3 is 0 Å². The fraction of sp³-hybridized carbons (Fsp3) is 0.0159. The largest absolute Gasteiger partial charge is 0.457 e. The average molecular weight is 869 g/mol. The van der Waals surface area contributed by atoms with Crippen molar-refractivity contribution in [3.63, 3.8) is 0 Å². The zero-order valence-corrected chi connectivity index (χ0v) is 36.8. The molecular formula is C63H40N4O. The number of benzene rings is 10. The summed E-state index contributed by atoms with van der Waals surface area (Å²) in [5.74, 6) is 3.53. The lowest BCUT2D eigenvalue weighted by atomic mass is 9.66. The Morgan fingerprint density at radius 3 is 1.31 bits per heavy atom. The van der Waals surface area contributed by atoms with Crippen LogP contribution in [0, 0.1) is 0 Å². The highest BCUT2D eigenvalue weighted by atomic mass is 16.5. The van der Waals surface area contributed by atoms with Crippen LogP contribution in [0.1, 0.15) is 22.3 Å². The fourth-order valence-electron chi connectivity index (χ4n) is 11.1. The summed E-state index contributed by atoms with van der Waals surface area (Å²) in [4.78, 5) is 10.7. The van der Waals surface area contributed by atoms with E-state index in [0.29, 0.717) is 0 Å². The Morgan fingerprint density at radius 1 is 0.309 bits per heavy atom. The third kappa shape index (κ3) is 5.69. The lowest BCUT2D eigenvalue weighted by molar-refractivity contribution is 0.436. The van der Waals surface area contributed by atoms with E-state index in [0.717, 1.165) is 84.4 Å². The smallest absolute Gasteiger partial charge is 0.145 e. The molecule has 0 fully saturated rings. The molecule has 0 bridgehead atoms. The molecule has 2 aromatic heterocycles. The monoisotopic (exact) mass is 868 g/mol. The SMILES string of the molecule is c1ccc(-n2c(-c3cc(-c4ccc(-c5ccc6c(c5)-c5ccccc5C65c6ccccc6Oc6ccccc65)cc4)cc(-c4nc5ccccc5n4-c4ccccc4)c3)nc3ccccc32)cc1. The number of para-hydroxylation sites is 8. The molecule has 0 unspecified atom stereocenters. The van der Waals surface area contributed by atoms with Crippen molar-refractivity contribution in [2.45, 2.75) is 5.41 Å². The second-order valence-electron chi connectivity index (χ2n) is 17.7. The Kier molecular flexibility index (Phi) is 8.43. The average Bonchev–Trinajstić information content (AvgIpc) is 4.09. The topological polar surface area (TPSA) is 44.9 Å². The first-order valence-corrected chi connectivity index (χ1v) is 23.1. The third-order valence-corrected chi connectivity index (χ3v) is 14.0. The maximum Gasteiger partial charge on any atom is 0.145 e. The van der Waals surface area contributed by atoms with Gasteiger partial charge in [0.05, 0.1) is 27.5 Å². The molecule has 68 heavy (non-hydrogen) atoms. The molecular weight excluding hydrogens is 829 g/mol. The first-order chi connectivity index (χ1) is 33.7.